The molecule has 1 aliphatic heterocycles. The first-order valence-corrected chi connectivity index (χ1v) is 6.62. The van der Waals surface area contributed by atoms with Crippen LogP contribution in [-0.4, -0.2) is 19.6 Å². The van der Waals surface area contributed by atoms with Crippen LogP contribution in [0.1, 0.15) is 31.2 Å². The fourth-order valence-electron chi connectivity index (χ4n) is 2.36. The van der Waals surface area contributed by atoms with Gasteiger partial charge in [0, 0.05) is 18.8 Å². The predicted octanol–water partition coefficient (Wildman–Crippen LogP) is 3.04. The van der Waals surface area contributed by atoms with Gasteiger partial charge in [-0.05, 0) is 43.9 Å². The topological polar surface area (TPSA) is 29.3 Å². The van der Waals surface area contributed by atoms with Gasteiger partial charge in [0.15, 0.2) is 0 Å². The Morgan fingerprint density at radius 3 is 2.65 bits per heavy atom. The zero-order chi connectivity index (χ0) is 11.9. The highest BCUT2D eigenvalue weighted by Crippen LogP contribution is 2.25. The predicted molar refractivity (Wildman–Crippen MR) is 75.2 cm³/mol. The molecule has 1 saturated heterocycles. The Morgan fingerprint density at radius 2 is 1.88 bits per heavy atom. The second kappa shape index (κ2) is 6.45. The Morgan fingerprint density at radius 1 is 1.12 bits per heavy atom. The average molecular weight is 230 g/mol. The van der Waals surface area contributed by atoms with Crippen molar-refractivity contribution in [2.75, 3.05) is 24.5 Å². The van der Waals surface area contributed by atoms with Crippen molar-refractivity contribution in [1.29, 1.82) is 0 Å². The van der Waals surface area contributed by atoms with E-state index in [0.717, 1.165) is 13.0 Å². The molecule has 1 fully saturated rings. The van der Waals surface area contributed by atoms with Crippen LogP contribution >= 0.6 is 0 Å². The highest BCUT2D eigenvalue weighted by molar-refractivity contribution is 5.67. The maximum atomic E-state index is 5.51. The van der Waals surface area contributed by atoms with Gasteiger partial charge in [-0.15, -0.1) is 0 Å². The van der Waals surface area contributed by atoms with Gasteiger partial charge in [-0.2, -0.15) is 0 Å². The summed E-state index contributed by atoms with van der Waals surface area (Å²) >= 11 is 0. The average Bonchev–Trinajstić information content (AvgIpc) is 2.41. The first-order chi connectivity index (χ1) is 8.42. The van der Waals surface area contributed by atoms with Crippen molar-refractivity contribution in [2.45, 2.75) is 25.7 Å². The monoisotopic (exact) mass is 230 g/mol. The van der Waals surface area contributed by atoms with Crippen molar-refractivity contribution < 1.29 is 0 Å². The Labute approximate surface area is 104 Å². The van der Waals surface area contributed by atoms with Crippen molar-refractivity contribution in [3.8, 4) is 0 Å². The van der Waals surface area contributed by atoms with Crippen LogP contribution in [0.3, 0.4) is 0 Å². The Bertz CT molecular complexity index is 365. The number of nitrogens with two attached hydrogens (primary N) is 1. The van der Waals surface area contributed by atoms with Gasteiger partial charge >= 0.3 is 0 Å². The van der Waals surface area contributed by atoms with Crippen LogP contribution in [0.5, 0.6) is 0 Å². The minimum atomic E-state index is 0.725. The van der Waals surface area contributed by atoms with E-state index < -0.39 is 0 Å². The van der Waals surface area contributed by atoms with E-state index in [2.05, 4.69) is 41.3 Å². The van der Waals surface area contributed by atoms with Gasteiger partial charge in [-0.1, -0.05) is 30.4 Å². The van der Waals surface area contributed by atoms with E-state index in [1.807, 2.05) is 0 Å². The Hall–Kier alpha value is -1.28. The lowest BCUT2D eigenvalue weighted by Crippen LogP contribution is -2.29. The maximum absolute atomic E-state index is 5.51. The number of benzene rings is 1. The molecule has 2 heteroatoms. The molecule has 1 heterocycles. The third kappa shape index (κ3) is 3.34. The van der Waals surface area contributed by atoms with Crippen LogP contribution in [0.2, 0.25) is 0 Å². The summed E-state index contributed by atoms with van der Waals surface area (Å²) in [6.45, 7) is 3.12. The van der Waals surface area contributed by atoms with Gasteiger partial charge in [0.05, 0.1) is 0 Å². The van der Waals surface area contributed by atoms with Crippen LogP contribution in [-0.2, 0) is 0 Å². The normalized spacial score (nSPS) is 16.6. The van der Waals surface area contributed by atoms with Crippen LogP contribution < -0.4 is 10.6 Å². The third-order valence-corrected chi connectivity index (χ3v) is 3.26. The summed E-state index contributed by atoms with van der Waals surface area (Å²) in [5.74, 6) is 0. The molecule has 2 nitrogen and oxygen atoms in total. The summed E-state index contributed by atoms with van der Waals surface area (Å²) in [7, 11) is 0. The fourth-order valence-corrected chi connectivity index (χ4v) is 2.36. The highest BCUT2D eigenvalue weighted by Gasteiger charge is 2.12. The third-order valence-electron chi connectivity index (χ3n) is 3.26. The van der Waals surface area contributed by atoms with Crippen LogP contribution in [0.4, 0.5) is 5.69 Å². The first kappa shape index (κ1) is 12.2. The van der Waals surface area contributed by atoms with E-state index in [0.29, 0.717) is 0 Å². The molecule has 1 aromatic rings. The molecule has 0 saturated carbocycles. The second-order valence-corrected chi connectivity index (χ2v) is 4.59. The van der Waals surface area contributed by atoms with Gasteiger partial charge < -0.3 is 10.6 Å². The lowest BCUT2D eigenvalue weighted by atomic mass is 10.1. The minimum Gasteiger partial charge on any atom is -0.371 e. The molecule has 0 unspecified atom stereocenters. The SMILES string of the molecule is NCCC=Cc1ccccc1N1CCCCC1. The minimum absolute atomic E-state index is 0.725. The molecule has 2 N–H and O–H groups in total. The molecule has 0 spiro atoms. The molecule has 2 rings (SSSR count). The quantitative estimate of drug-likeness (QED) is 0.861. The summed E-state index contributed by atoms with van der Waals surface area (Å²) in [4.78, 5) is 2.51. The van der Waals surface area contributed by atoms with Crippen molar-refractivity contribution in [2.24, 2.45) is 5.73 Å². The zero-order valence-corrected chi connectivity index (χ0v) is 10.4. The molecule has 92 valence electrons. The summed E-state index contributed by atoms with van der Waals surface area (Å²) in [5.41, 5.74) is 8.21. The van der Waals surface area contributed by atoms with Gasteiger partial charge in [-0.3, -0.25) is 0 Å². The van der Waals surface area contributed by atoms with Gasteiger partial charge in [0.1, 0.15) is 0 Å². The molecule has 0 aliphatic carbocycles. The number of hydrogen-bond acceptors (Lipinski definition) is 2. The fraction of sp³-hybridized carbons (Fsp3) is 0.467. The standard InChI is InChI=1S/C15H22N2/c16-11-5-4-9-14-8-2-3-10-15(14)17-12-6-1-7-13-17/h2-4,8-10H,1,5-7,11-13,16H2. The molecule has 1 aromatic carbocycles. The van der Waals surface area contributed by atoms with E-state index in [-0.39, 0.29) is 0 Å². The number of para-hydroxylation sites is 1. The summed E-state index contributed by atoms with van der Waals surface area (Å²) < 4.78 is 0. The molecular weight excluding hydrogens is 208 g/mol. The molecule has 17 heavy (non-hydrogen) atoms. The van der Waals surface area contributed by atoms with Gasteiger partial charge in [0.2, 0.25) is 0 Å². The largest absolute Gasteiger partial charge is 0.371 e. The number of nitrogens with zero attached hydrogens (tertiary/aromatic N) is 1. The number of anilines is 1. The molecular formula is C15H22N2. The lowest BCUT2D eigenvalue weighted by Gasteiger charge is -2.30. The molecule has 0 amide bonds. The van der Waals surface area contributed by atoms with E-state index in [1.165, 1.54) is 43.6 Å². The van der Waals surface area contributed by atoms with Crippen molar-refractivity contribution in [3.63, 3.8) is 0 Å². The Balaban J connectivity index is 2.14. The van der Waals surface area contributed by atoms with Crippen LogP contribution in [0.25, 0.3) is 6.08 Å². The Kier molecular flexibility index (Phi) is 4.63. The lowest BCUT2D eigenvalue weighted by molar-refractivity contribution is 0.577. The van der Waals surface area contributed by atoms with Crippen molar-refractivity contribution >= 4 is 11.8 Å². The van der Waals surface area contributed by atoms with Gasteiger partial charge in [-0.25, -0.2) is 0 Å². The van der Waals surface area contributed by atoms with E-state index in [1.54, 1.807) is 0 Å². The smallest absolute Gasteiger partial charge is 0.0439 e. The number of piperidine rings is 1. The molecule has 1 aliphatic rings. The maximum Gasteiger partial charge on any atom is 0.0439 e. The number of rotatable bonds is 4. The zero-order valence-electron chi connectivity index (χ0n) is 10.4. The molecule has 0 aromatic heterocycles. The van der Waals surface area contributed by atoms with E-state index in [9.17, 15) is 0 Å². The van der Waals surface area contributed by atoms with E-state index in [4.69, 9.17) is 5.73 Å². The molecule has 0 atom stereocenters. The summed E-state index contributed by atoms with van der Waals surface area (Å²) in [5, 5.41) is 0. The number of hydrogen-bond donors (Lipinski definition) is 1. The first-order valence-electron chi connectivity index (χ1n) is 6.62. The molecule has 0 radical (unpaired) electrons. The highest BCUT2D eigenvalue weighted by atomic mass is 15.1. The van der Waals surface area contributed by atoms with Crippen LogP contribution in [0, 0.1) is 0 Å². The van der Waals surface area contributed by atoms with Gasteiger partial charge in [0.25, 0.3) is 0 Å². The summed E-state index contributed by atoms with van der Waals surface area (Å²) in [6.07, 6.45) is 9.34. The molecule has 0 bridgehead atoms. The van der Waals surface area contributed by atoms with Crippen molar-refractivity contribution in [1.82, 2.24) is 0 Å². The van der Waals surface area contributed by atoms with Crippen LogP contribution in [0.15, 0.2) is 30.3 Å². The second-order valence-electron chi connectivity index (χ2n) is 4.59. The van der Waals surface area contributed by atoms with E-state index >= 15 is 0 Å². The summed E-state index contributed by atoms with van der Waals surface area (Å²) in [6, 6.07) is 8.66. The van der Waals surface area contributed by atoms with Crippen molar-refractivity contribution in [3.05, 3.63) is 35.9 Å².